The van der Waals surface area contributed by atoms with E-state index in [2.05, 4.69) is 0 Å². The molecule has 6 heteroatoms. The van der Waals surface area contributed by atoms with E-state index in [1.807, 2.05) is 26.0 Å². The van der Waals surface area contributed by atoms with Gasteiger partial charge in [0.05, 0.1) is 6.61 Å². The van der Waals surface area contributed by atoms with Crippen LogP contribution in [0.4, 0.5) is 0 Å². The molecule has 2 rings (SSSR count). The Kier molecular flexibility index (Phi) is 4.62. The molecule has 1 fully saturated rings. The van der Waals surface area contributed by atoms with Crippen LogP contribution in [0.3, 0.4) is 0 Å². The highest BCUT2D eigenvalue weighted by atomic mass is 16.7. The molecular weight excluding hydrogens is 264 g/mol. The van der Waals surface area contributed by atoms with Crippen LogP contribution in [0.2, 0.25) is 0 Å². The molecule has 1 aliphatic rings. The number of benzene rings is 1. The van der Waals surface area contributed by atoms with Crippen molar-refractivity contribution in [3.63, 3.8) is 0 Å². The molecule has 0 saturated carbocycles. The van der Waals surface area contributed by atoms with Gasteiger partial charge in [-0.3, -0.25) is 0 Å². The summed E-state index contributed by atoms with van der Waals surface area (Å²) in [6.45, 7) is 3.27. The van der Waals surface area contributed by atoms with Crippen LogP contribution in [0, 0.1) is 13.8 Å². The van der Waals surface area contributed by atoms with E-state index in [-0.39, 0.29) is 0 Å². The van der Waals surface area contributed by atoms with Crippen LogP contribution in [0.1, 0.15) is 11.1 Å². The van der Waals surface area contributed by atoms with Gasteiger partial charge in [0.2, 0.25) is 6.29 Å². The van der Waals surface area contributed by atoms with Gasteiger partial charge in [-0.15, -0.1) is 0 Å². The molecule has 1 aromatic carbocycles. The van der Waals surface area contributed by atoms with Crippen LogP contribution in [0.15, 0.2) is 18.2 Å². The SMILES string of the molecule is Cc1ccc(C)c(O[C@@H]2O[C@H](CO)[C@@H](O)[C@H](O)[C@H]2O)c1. The minimum Gasteiger partial charge on any atom is -0.462 e. The third-order valence-corrected chi connectivity index (χ3v) is 3.44. The second kappa shape index (κ2) is 6.07. The Morgan fingerprint density at radius 2 is 1.80 bits per heavy atom. The van der Waals surface area contributed by atoms with Gasteiger partial charge in [-0.2, -0.15) is 0 Å². The van der Waals surface area contributed by atoms with Crippen molar-refractivity contribution in [1.29, 1.82) is 0 Å². The molecule has 0 aliphatic carbocycles. The van der Waals surface area contributed by atoms with Crippen LogP contribution in [0.5, 0.6) is 5.75 Å². The summed E-state index contributed by atoms with van der Waals surface area (Å²) in [6.07, 6.45) is -6.33. The predicted octanol–water partition coefficient (Wildman–Crippen LogP) is -0.518. The van der Waals surface area contributed by atoms with Crippen LogP contribution in [-0.4, -0.2) is 57.7 Å². The summed E-state index contributed by atoms with van der Waals surface area (Å²) in [4.78, 5) is 0. The van der Waals surface area contributed by atoms with Gasteiger partial charge in [0.25, 0.3) is 0 Å². The number of ether oxygens (including phenoxy) is 2. The quantitative estimate of drug-likeness (QED) is 0.596. The molecule has 0 bridgehead atoms. The second-order valence-corrected chi connectivity index (χ2v) is 5.08. The average molecular weight is 284 g/mol. The van der Waals surface area contributed by atoms with Crippen molar-refractivity contribution in [2.75, 3.05) is 6.61 Å². The third kappa shape index (κ3) is 2.94. The van der Waals surface area contributed by atoms with Gasteiger partial charge in [-0.1, -0.05) is 12.1 Å². The molecule has 20 heavy (non-hydrogen) atoms. The maximum atomic E-state index is 9.90. The molecule has 4 N–H and O–H groups in total. The summed E-state index contributed by atoms with van der Waals surface area (Å²) in [7, 11) is 0. The number of aryl methyl sites for hydroxylation is 2. The van der Waals surface area contributed by atoms with E-state index in [0.29, 0.717) is 5.75 Å². The van der Waals surface area contributed by atoms with E-state index in [0.717, 1.165) is 11.1 Å². The van der Waals surface area contributed by atoms with Crippen molar-refractivity contribution in [2.24, 2.45) is 0 Å². The zero-order chi connectivity index (χ0) is 14.9. The summed E-state index contributed by atoms with van der Waals surface area (Å²) in [5.74, 6) is 0.523. The van der Waals surface area contributed by atoms with Crippen molar-refractivity contribution < 1.29 is 29.9 Å². The highest BCUT2D eigenvalue weighted by Gasteiger charge is 2.44. The zero-order valence-corrected chi connectivity index (χ0v) is 11.4. The lowest BCUT2D eigenvalue weighted by Crippen LogP contribution is -2.60. The first-order valence-corrected chi connectivity index (χ1v) is 6.48. The second-order valence-electron chi connectivity index (χ2n) is 5.08. The van der Waals surface area contributed by atoms with Crippen LogP contribution < -0.4 is 4.74 Å². The fourth-order valence-corrected chi connectivity index (χ4v) is 2.12. The first-order chi connectivity index (χ1) is 9.43. The minimum absolute atomic E-state index is 0.475. The molecule has 6 nitrogen and oxygen atoms in total. The highest BCUT2D eigenvalue weighted by molar-refractivity contribution is 5.36. The largest absolute Gasteiger partial charge is 0.462 e. The van der Waals surface area contributed by atoms with E-state index in [1.165, 1.54) is 0 Å². The first-order valence-electron chi connectivity index (χ1n) is 6.48. The predicted molar refractivity (Wildman–Crippen MR) is 70.3 cm³/mol. The minimum atomic E-state index is -1.43. The Balaban J connectivity index is 2.17. The molecule has 1 heterocycles. The van der Waals surface area contributed by atoms with E-state index < -0.39 is 37.3 Å². The standard InChI is InChI=1S/C14H20O6/c1-7-3-4-8(2)9(5-7)19-14-13(18)12(17)11(16)10(6-15)20-14/h3-5,10-18H,6H2,1-2H3/t10-,11-,12+,13-,14-/m1/s1. The van der Waals surface area contributed by atoms with E-state index in [4.69, 9.17) is 14.6 Å². The Morgan fingerprint density at radius 3 is 2.45 bits per heavy atom. The number of aliphatic hydroxyl groups excluding tert-OH is 4. The number of hydrogen-bond donors (Lipinski definition) is 4. The van der Waals surface area contributed by atoms with Crippen molar-refractivity contribution >= 4 is 0 Å². The summed E-state index contributed by atoms with van der Waals surface area (Å²) in [6, 6.07) is 5.58. The Bertz CT molecular complexity index is 461. The normalized spacial score (nSPS) is 34.0. The molecule has 1 aliphatic heterocycles. The van der Waals surface area contributed by atoms with Crippen molar-refractivity contribution in [2.45, 2.75) is 44.6 Å². The molecule has 1 aromatic rings. The lowest BCUT2D eigenvalue weighted by molar-refractivity contribution is -0.277. The van der Waals surface area contributed by atoms with Crippen LogP contribution in [-0.2, 0) is 4.74 Å². The summed E-state index contributed by atoms with van der Waals surface area (Å²) < 4.78 is 10.9. The molecular formula is C14H20O6. The zero-order valence-electron chi connectivity index (χ0n) is 11.4. The lowest BCUT2D eigenvalue weighted by Gasteiger charge is -2.39. The smallest absolute Gasteiger partial charge is 0.229 e. The van der Waals surface area contributed by atoms with Gasteiger partial charge >= 0.3 is 0 Å². The number of aliphatic hydroxyl groups is 4. The van der Waals surface area contributed by atoms with Gasteiger partial charge in [0, 0.05) is 0 Å². The molecule has 0 unspecified atom stereocenters. The number of hydrogen-bond acceptors (Lipinski definition) is 6. The monoisotopic (exact) mass is 284 g/mol. The maximum absolute atomic E-state index is 9.90. The Hall–Kier alpha value is -1.18. The van der Waals surface area contributed by atoms with Crippen molar-refractivity contribution in [3.8, 4) is 5.75 Å². The fraction of sp³-hybridized carbons (Fsp3) is 0.571. The van der Waals surface area contributed by atoms with Crippen LogP contribution in [0.25, 0.3) is 0 Å². The first kappa shape index (κ1) is 15.2. The van der Waals surface area contributed by atoms with Gasteiger partial charge in [-0.25, -0.2) is 0 Å². The lowest BCUT2D eigenvalue weighted by atomic mass is 9.99. The summed E-state index contributed by atoms with van der Waals surface area (Å²) in [5.41, 5.74) is 1.84. The van der Waals surface area contributed by atoms with Gasteiger partial charge in [0.15, 0.2) is 0 Å². The molecule has 5 atom stereocenters. The molecule has 0 amide bonds. The van der Waals surface area contributed by atoms with E-state index >= 15 is 0 Å². The third-order valence-electron chi connectivity index (χ3n) is 3.44. The van der Waals surface area contributed by atoms with E-state index in [9.17, 15) is 15.3 Å². The molecule has 0 spiro atoms. The molecule has 1 saturated heterocycles. The van der Waals surface area contributed by atoms with Crippen LogP contribution >= 0.6 is 0 Å². The van der Waals surface area contributed by atoms with Gasteiger partial charge in [-0.05, 0) is 31.0 Å². The average Bonchev–Trinajstić information content (AvgIpc) is 2.43. The highest BCUT2D eigenvalue weighted by Crippen LogP contribution is 2.26. The summed E-state index contributed by atoms with van der Waals surface area (Å²) >= 11 is 0. The number of rotatable bonds is 3. The molecule has 0 radical (unpaired) electrons. The molecule has 0 aromatic heterocycles. The fourth-order valence-electron chi connectivity index (χ4n) is 2.12. The van der Waals surface area contributed by atoms with E-state index in [1.54, 1.807) is 6.07 Å². The maximum Gasteiger partial charge on any atom is 0.229 e. The van der Waals surface area contributed by atoms with Crippen molar-refractivity contribution in [3.05, 3.63) is 29.3 Å². The van der Waals surface area contributed by atoms with Gasteiger partial charge in [0.1, 0.15) is 30.2 Å². The van der Waals surface area contributed by atoms with Gasteiger partial charge < -0.3 is 29.9 Å². The summed E-state index contributed by atoms with van der Waals surface area (Å²) in [5, 5.41) is 38.4. The Labute approximate surface area is 117 Å². The Morgan fingerprint density at radius 1 is 1.10 bits per heavy atom. The van der Waals surface area contributed by atoms with Crippen molar-refractivity contribution in [1.82, 2.24) is 0 Å². The molecule has 112 valence electrons. The topological polar surface area (TPSA) is 99.4 Å².